The Morgan fingerprint density at radius 1 is 0.821 bits per heavy atom. The summed E-state index contributed by atoms with van der Waals surface area (Å²) in [6.07, 6.45) is 16.6. The van der Waals surface area contributed by atoms with Crippen molar-refractivity contribution in [2.75, 3.05) is 0 Å². The van der Waals surface area contributed by atoms with Crippen LogP contribution in [0.5, 0.6) is 0 Å². The van der Waals surface area contributed by atoms with Crippen LogP contribution < -0.4 is 0 Å². The van der Waals surface area contributed by atoms with Gasteiger partial charge in [-0.2, -0.15) is 0 Å². The third-order valence-electron chi connectivity index (χ3n) is 10.8. The van der Waals surface area contributed by atoms with Crippen molar-refractivity contribution in [3.05, 3.63) is 0 Å². The zero-order valence-corrected chi connectivity index (χ0v) is 19.6. The number of hydrogen-bond acceptors (Lipinski definition) is 1. The first-order chi connectivity index (χ1) is 13.3. The van der Waals surface area contributed by atoms with Gasteiger partial charge in [-0.15, -0.1) is 0 Å². The van der Waals surface area contributed by atoms with Crippen LogP contribution in [0.2, 0.25) is 0 Å². The Bertz CT molecular complexity index is 540. The molecule has 0 bridgehead atoms. The van der Waals surface area contributed by atoms with Crippen LogP contribution in [0.25, 0.3) is 0 Å². The van der Waals surface area contributed by atoms with Crippen LogP contribution in [0.4, 0.5) is 0 Å². The molecule has 162 valence electrons. The fraction of sp³-hybridized carbons (Fsp3) is 1.00. The molecule has 4 rings (SSSR count). The van der Waals surface area contributed by atoms with Crippen molar-refractivity contribution in [2.45, 2.75) is 118 Å². The first kappa shape index (κ1) is 21.2. The summed E-state index contributed by atoms with van der Waals surface area (Å²) in [4.78, 5) is 0. The molecule has 0 aliphatic heterocycles. The molecule has 4 saturated carbocycles. The molecule has 4 fully saturated rings. The van der Waals surface area contributed by atoms with E-state index in [0.717, 1.165) is 54.3 Å². The summed E-state index contributed by atoms with van der Waals surface area (Å²) < 4.78 is 0. The fourth-order valence-electron chi connectivity index (χ4n) is 9.26. The third kappa shape index (κ3) is 3.50. The van der Waals surface area contributed by atoms with Gasteiger partial charge in [0.1, 0.15) is 0 Å². The average Bonchev–Trinajstić information content (AvgIpc) is 2.99. The smallest absolute Gasteiger partial charge is 0.0543 e. The number of aliphatic hydroxyl groups is 1. The van der Waals surface area contributed by atoms with E-state index in [-0.39, 0.29) is 6.10 Å². The Morgan fingerprint density at radius 2 is 1.54 bits per heavy atom. The standard InChI is InChI=1S/C27H48O/c1-18(2)7-6-8-19(3)23-11-12-24-22-10-9-20-17-21(28)13-15-26(20,4)25(22)14-16-27(23,24)5/h18-25,28H,6-17H2,1-5H3/t19-,20?,21+,22?,23-,24+,25?,26+,27-/m1/s1. The number of hydrogen-bond donors (Lipinski definition) is 1. The molecule has 0 radical (unpaired) electrons. The molecular formula is C27H48O. The molecule has 9 atom stereocenters. The van der Waals surface area contributed by atoms with Crippen molar-refractivity contribution in [1.29, 1.82) is 0 Å². The summed E-state index contributed by atoms with van der Waals surface area (Å²) in [5, 5.41) is 10.3. The number of fused-ring (bicyclic) bond motifs is 5. The van der Waals surface area contributed by atoms with Gasteiger partial charge in [0, 0.05) is 0 Å². The number of aliphatic hydroxyl groups excluding tert-OH is 1. The summed E-state index contributed by atoms with van der Waals surface area (Å²) in [5.41, 5.74) is 1.15. The highest BCUT2D eigenvalue weighted by atomic mass is 16.3. The van der Waals surface area contributed by atoms with Crippen molar-refractivity contribution >= 4 is 0 Å². The molecule has 0 saturated heterocycles. The van der Waals surface area contributed by atoms with Gasteiger partial charge >= 0.3 is 0 Å². The topological polar surface area (TPSA) is 20.2 Å². The highest BCUT2D eigenvalue weighted by Gasteiger charge is 2.60. The third-order valence-corrected chi connectivity index (χ3v) is 10.8. The second kappa shape index (κ2) is 7.90. The van der Waals surface area contributed by atoms with Crippen molar-refractivity contribution in [1.82, 2.24) is 0 Å². The van der Waals surface area contributed by atoms with E-state index in [4.69, 9.17) is 0 Å². The van der Waals surface area contributed by atoms with Gasteiger partial charge in [0.05, 0.1) is 6.10 Å². The minimum Gasteiger partial charge on any atom is -0.393 e. The molecule has 0 aromatic heterocycles. The summed E-state index contributed by atoms with van der Waals surface area (Å²) in [5.74, 6) is 6.49. The molecule has 4 aliphatic rings. The van der Waals surface area contributed by atoms with Gasteiger partial charge < -0.3 is 5.11 Å². The highest BCUT2D eigenvalue weighted by Crippen LogP contribution is 2.68. The molecule has 28 heavy (non-hydrogen) atoms. The Morgan fingerprint density at radius 3 is 2.29 bits per heavy atom. The molecule has 0 amide bonds. The highest BCUT2D eigenvalue weighted by molar-refractivity contribution is 5.09. The van der Waals surface area contributed by atoms with Crippen LogP contribution in [0.3, 0.4) is 0 Å². The SMILES string of the molecule is CC(C)CCC[C@@H](C)[C@H]1CC[C@H]2C3CCC4C[C@@H](O)CC[C@]4(C)C3CC[C@]12C. The van der Waals surface area contributed by atoms with Gasteiger partial charge in [-0.25, -0.2) is 0 Å². The van der Waals surface area contributed by atoms with Crippen LogP contribution in [0.1, 0.15) is 112 Å². The van der Waals surface area contributed by atoms with E-state index in [1.165, 1.54) is 64.2 Å². The van der Waals surface area contributed by atoms with Crippen LogP contribution in [0, 0.1) is 52.3 Å². The van der Waals surface area contributed by atoms with Crippen molar-refractivity contribution < 1.29 is 5.11 Å². The van der Waals surface area contributed by atoms with Gasteiger partial charge in [0.25, 0.3) is 0 Å². The maximum atomic E-state index is 10.3. The van der Waals surface area contributed by atoms with E-state index in [1.807, 2.05) is 0 Å². The average molecular weight is 389 g/mol. The second-order valence-corrected chi connectivity index (χ2v) is 12.6. The van der Waals surface area contributed by atoms with Crippen LogP contribution >= 0.6 is 0 Å². The minimum atomic E-state index is -0.00830. The summed E-state index contributed by atoms with van der Waals surface area (Å²) in [6, 6.07) is 0. The maximum Gasteiger partial charge on any atom is 0.0543 e. The van der Waals surface area contributed by atoms with Gasteiger partial charge in [-0.05, 0) is 110 Å². The first-order valence-corrected chi connectivity index (χ1v) is 12.9. The Kier molecular flexibility index (Phi) is 5.98. The van der Waals surface area contributed by atoms with E-state index in [0.29, 0.717) is 10.8 Å². The normalized spacial score (nSPS) is 49.4. The van der Waals surface area contributed by atoms with Gasteiger partial charge in [-0.3, -0.25) is 0 Å². The van der Waals surface area contributed by atoms with Gasteiger partial charge in [0.2, 0.25) is 0 Å². The van der Waals surface area contributed by atoms with E-state index in [2.05, 4.69) is 34.6 Å². The Labute approximate surface area is 175 Å². The van der Waals surface area contributed by atoms with Crippen LogP contribution in [-0.4, -0.2) is 11.2 Å². The quantitative estimate of drug-likeness (QED) is 0.518. The van der Waals surface area contributed by atoms with E-state index >= 15 is 0 Å². The van der Waals surface area contributed by atoms with Crippen molar-refractivity contribution in [2.24, 2.45) is 52.3 Å². The monoisotopic (exact) mass is 388 g/mol. The van der Waals surface area contributed by atoms with Gasteiger partial charge in [0.15, 0.2) is 0 Å². The van der Waals surface area contributed by atoms with Crippen LogP contribution in [0.15, 0.2) is 0 Å². The lowest BCUT2D eigenvalue weighted by Gasteiger charge is -2.61. The lowest BCUT2D eigenvalue weighted by atomic mass is 9.44. The summed E-state index contributed by atoms with van der Waals surface area (Å²) in [6.45, 7) is 12.7. The lowest BCUT2D eigenvalue weighted by Crippen LogP contribution is -2.54. The molecule has 4 aliphatic carbocycles. The molecule has 0 aromatic rings. The molecule has 0 heterocycles. The summed E-state index contributed by atoms with van der Waals surface area (Å²) in [7, 11) is 0. The molecule has 3 unspecified atom stereocenters. The molecule has 1 N–H and O–H groups in total. The maximum absolute atomic E-state index is 10.3. The Hall–Kier alpha value is -0.0400. The lowest BCUT2D eigenvalue weighted by molar-refractivity contribution is -0.129. The van der Waals surface area contributed by atoms with Gasteiger partial charge in [-0.1, -0.05) is 53.9 Å². The first-order valence-electron chi connectivity index (χ1n) is 12.9. The van der Waals surface area contributed by atoms with E-state index < -0.39 is 0 Å². The van der Waals surface area contributed by atoms with E-state index in [9.17, 15) is 5.11 Å². The van der Waals surface area contributed by atoms with Crippen molar-refractivity contribution in [3.63, 3.8) is 0 Å². The molecule has 0 spiro atoms. The predicted molar refractivity (Wildman–Crippen MR) is 119 cm³/mol. The number of rotatable bonds is 5. The summed E-state index contributed by atoms with van der Waals surface area (Å²) >= 11 is 0. The second-order valence-electron chi connectivity index (χ2n) is 12.6. The molecule has 1 heteroatoms. The van der Waals surface area contributed by atoms with Crippen LogP contribution in [-0.2, 0) is 0 Å². The zero-order valence-electron chi connectivity index (χ0n) is 19.6. The van der Waals surface area contributed by atoms with Crippen molar-refractivity contribution in [3.8, 4) is 0 Å². The molecular weight excluding hydrogens is 340 g/mol. The molecule has 0 aromatic carbocycles. The largest absolute Gasteiger partial charge is 0.393 e. The fourth-order valence-corrected chi connectivity index (χ4v) is 9.26. The van der Waals surface area contributed by atoms with E-state index in [1.54, 1.807) is 0 Å². The zero-order chi connectivity index (χ0) is 20.1. The predicted octanol–water partition coefficient (Wildman–Crippen LogP) is 7.47. The molecule has 1 nitrogen and oxygen atoms in total. The minimum absolute atomic E-state index is 0.00830. The Balaban J connectivity index is 1.46.